The van der Waals surface area contributed by atoms with Crippen LogP contribution < -0.4 is 11.1 Å². The SMILES string of the molecule is CCc1ccc(NC(=O)c2ccnc(CCN)c2)cc1. The number of nitrogens with zero attached hydrogens (tertiary/aromatic N) is 1. The Bertz CT molecular complexity index is 579. The highest BCUT2D eigenvalue weighted by molar-refractivity contribution is 6.04. The molecule has 0 unspecified atom stereocenters. The first-order chi connectivity index (χ1) is 9.72. The Hall–Kier alpha value is -2.20. The van der Waals surface area contributed by atoms with Crippen LogP contribution in [0.25, 0.3) is 0 Å². The second kappa shape index (κ2) is 6.82. The Labute approximate surface area is 119 Å². The number of benzene rings is 1. The predicted octanol–water partition coefficient (Wildman–Crippen LogP) is 2.40. The lowest BCUT2D eigenvalue weighted by molar-refractivity contribution is 0.102. The van der Waals surface area contributed by atoms with E-state index in [0.717, 1.165) is 17.8 Å². The molecule has 104 valence electrons. The lowest BCUT2D eigenvalue weighted by Gasteiger charge is -2.07. The maximum absolute atomic E-state index is 12.2. The molecule has 1 heterocycles. The summed E-state index contributed by atoms with van der Waals surface area (Å²) in [4.78, 5) is 16.3. The van der Waals surface area contributed by atoms with Gasteiger partial charge in [-0.1, -0.05) is 19.1 Å². The average molecular weight is 269 g/mol. The van der Waals surface area contributed by atoms with E-state index in [1.807, 2.05) is 24.3 Å². The first-order valence-electron chi connectivity index (χ1n) is 6.78. The number of pyridine rings is 1. The van der Waals surface area contributed by atoms with Crippen molar-refractivity contribution < 1.29 is 4.79 Å². The minimum Gasteiger partial charge on any atom is -0.330 e. The molecular weight excluding hydrogens is 250 g/mol. The number of hydrogen-bond acceptors (Lipinski definition) is 3. The standard InChI is InChI=1S/C16H19N3O/c1-2-12-3-5-14(6-4-12)19-16(20)13-8-10-18-15(11-13)7-9-17/h3-6,8,10-11H,2,7,9,17H2,1H3,(H,19,20). The summed E-state index contributed by atoms with van der Waals surface area (Å²) in [6.45, 7) is 2.63. The summed E-state index contributed by atoms with van der Waals surface area (Å²) in [5, 5.41) is 2.88. The van der Waals surface area contributed by atoms with Gasteiger partial charge < -0.3 is 11.1 Å². The van der Waals surface area contributed by atoms with Crippen LogP contribution in [0.3, 0.4) is 0 Å². The Morgan fingerprint density at radius 1 is 1.25 bits per heavy atom. The second-order valence-corrected chi connectivity index (χ2v) is 4.58. The molecule has 1 amide bonds. The molecule has 0 aliphatic rings. The third-order valence-electron chi connectivity index (χ3n) is 3.10. The summed E-state index contributed by atoms with van der Waals surface area (Å²) < 4.78 is 0. The molecule has 0 aliphatic heterocycles. The summed E-state index contributed by atoms with van der Waals surface area (Å²) >= 11 is 0. The summed E-state index contributed by atoms with van der Waals surface area (Å²) in [6, 6.07) is 11.3. The van der Waals surface area contributed by atoms with Gasteiger partial charge in [-0.3, -0.25) is 9.78 Å². The van der Waals surface area contributed by atoms with Gasteiger partial charge in [-0.2, -0.15) is 0 Å². The Kier molecular flexibility index (Phi) is 4.85. The molecule has 0 atom stereocenters. The molecule has 0 fully saturated rings. The van der Waals surface area contributed by atoms with Gasteiger partial charge in [-0.15, -0.1) is 0 Å². The van der Waals surface area contributed by atoms with E-state index < -0.39 is 0 Å². The van der Waals surface area contributed by atoms with Crippen molar-refractivity contribution in [2.24, 2.45) is 5.73 Å². The van der Waals surface area contributed by atoms with Gasteiger partial charge in [-0.05, 0) is 42.8 Å². The van der Waals surface area contributed by atoms with Gasteiger partial charge in [0.1, 0.15) is 0 Å². The van der Waals surface area contributed by atoms with Crippen molar-refractivity contribution in [3.63, 3.8) is 0 Å². The molecule has 0 aliphatic carbocycles. The molecule has 4 heteroatoms. The maximum Gasteiger partial charge on any atom is 0.255 e. The number of carbonyl (C=O) groups is 1. The van der Waals surface area contributed by atoms with E-state index in [4.69, 9.17) is 5.73 Å². The highest BCUT2D eigenvalue weighted by Crippen LogP contribution is 2.12. The molecule has 0 spiro atoms. The van der Waals surface area contributed by atoms with Gasteiger partial charge in [0.15, 0.2) is 0 Å². The van der Waals surface area contributed by atoms with Crippen LogP contribution in [-0.4, -0.2) is 17.4 Å². The number of hydrogen-bond donors (Lipinski definition) is 2. The van der Waals surface area contributed by atoms with Crippen molar-refractivity contribution in [2.75, 3.05) is 11.9 Å². The number of anilines is 1. The van der Waals surface area contributed by atoms with E-state index in [9.17, 15) is 4.79 Å². The van der Waals surface area contributed by atoms with Crippen molar-refractivity contribution in [1.29, 1.82) is 0 Å². The molecule has 0 saturated heterocycles. The van der Waals surface area contributed by atoms with Crippen LogP contribution in [0.4, 0.5) is 5.69 Å². The summed E-state index contributed by atoms with van der Waals surface area (Å²) in [7, 11) is 0. The number of nitrogens with one attached hydrogen (secondary N) is 1. The topological polar surface area (TPSA) is 68.0 Å². The Morgan fingerprint density at radius 2 is 2.00 bits per heavy atom. The first-order valence-corrected chi connectivity index (χ1v) is 6.78. The molecule has 1 aromatic carbocycles. The fraction of sp³-hybridized carbons (Fsp3) is 0.250. The van der Waals surface area contributed by atoms with E-state index in [1.165, 1.54) is 5.56 Å². The number of amides is 1. The number of nitrogens with two attached hydrogens (primary N) is 1. The van der Waals surface area contributed by atoms with Crippen molar-refractivity contribution in [1.82, 2.24) is 4.98 Å². The molecule has 4 nitrogen and oxygen atoms in total. The van der Waals surface area contributed by atoms with Crippen LogP contribution >= 0.6 is 0 Å². The quantitative estimate of drug-likeness (QED) is 0.875. The minimum atomic E-state index is -0.130. The lowest BCUT2D eigenvalue weighted by atomic mass is 10.1. The van der Waals surface area contributed by atoms with Crippen LogP contribution in [0, 0.1) is 0 Å². The molecule has 2 aromatic rings. The molecule has 0 bridgehead atoms. The fourth-order valence-electron chi connectivity index (χ4n) is 1.93. The van der Waals surface area contributed by atoms with Crippen molar-refractivity contribution in [3.8, 4) is 0 Å². The molecule has 0 saturated carbocycles. The minimum absolute atomic E-state index is 0.130. The predicted molar refractivity (Wildman–Crippen MR) is 80.8 cm³/mol. The number of aryl methyl sites for hydroxylation is 1. The van der Waals surface area contributed by atoms with Crippen molar-refractivity contribution in [2.45, 2.75) is 19.8 Å². The Balaban J connectivity index is 2.08. The molecular formula is C16H19N3O. The number of carbonyl (C=O) groups excluding carboxylic acids is 1. The van der Waals surface area contributed by atoms with E-state index in [0.29, 0.717) is 18.5 Å². The highest BCUT2D eigenvalue weighted by Gasteiger charge is 2.07. The fourth-order valence-corrected chi connectivity index (χ4v) is 1.93. The molecule has 3 N–H and O–H groups in total. The molecule has 1 aromatic heterocycles. The largest absolute Gasteiger partial charge is 0.330 e. The van der Waals surface area contributed by atoms with Crippen molar-refractivity contribution in [3.05, 3.63) is 59.4 Å². The lowest BCUT2D eigenvalue weighted by Crippen LogP contribution is -2.13. The zero-order valence-corrected chi connectivity index (χ0v) is 11.6. The third kappa shape index (κ3) is 3.65. The second-order valence-electron chi connectivity index (χ2n) is 4.58. The van der Waals surface area contributed by atoms with Gasteiger partial charge in [0.25, 0.3) is 5.91 Å². The van der Waals surface area contributed by atoms with Crippen LogP contribution in [0.1, 0.15) is 28.5 Å². The van der Waals surface area contributed by atoms with Crippen LogP contribution in [0.2, 0.25) is 0 Å². The first kappa shape index (κ1) is 14.2. The van der Waals surface area contributed by atoms with Gasteiger partial charge in [0.05, 0.1) is 0 Å². The van der Waals surface area contributed by atoms with Gasteiger partial charge in [0, 0.05) is 29.6 Å². The van der Waals surface area contributed by atoms with E-state index in [-0.39, 0.29) is 5.91 Å². The van der Waals surface area contributed by atoms with E-state index in [2.05, 4.69) is 17.2 Å². The molecule has 0 radical (unpaired) electrons. The molecule has 20 heavy (non-hydrogen) atoms. The van der Waals surface area contributed by atoms with Crippen LogP contribution in [0.15, 0.2) is 42.6 Å². The average Bonchev–Trinajstić information content (AvgIpc) is 2.48. The van der Waals surface area contributed by atoms with E-state index >= 15 is 0 Å². The maximum atomic E-state index is 12.2. The number of aromatic nitrogens is 1. The van der Waals surface area contributed by atoms with Crippen LogP contribution in [0.5, 0.6) is 0 Å². The molecule has 2 rings (SSSR count). The zero-order valence-electron chi connectivity index (χ0n) is 11.6. The highest BCUT2D eigenvalue weighted by atomic mass is 16.1. The third-order valence-corrected chi connectivity index (χ3v) is 3.10. The summed E-state index contributed by atoms with van der Waals surface area (Å²) in [6.07, 6.45) is 3.30. The number of rotatable bonds is 5. The van der Waals surface area contributed by atoms with Gasteiger partial charge in [-0.25, -0.2) is 0 Å². The normalized spacial score (nSPS) is 10.3. The summed E-state index contributed by atoms with van der Waals surface area (Å²) in [5.74, 6) is -0.130. The van der Waals surface area contributed by atoms with Crippen molar-refractivity contribution >= 4 is 11.6 Å². The Morgan fingerprint density at radius 3 is 2.65 bits per heavy atom. The van der Waals surface area contributed by atoms with Gasteiger partial charge >= 0.3 is 0 Å². The summed E-state index contributed by atoms with van der Waals surface area (Å²) in [5.41, 5.74) is 8.97. The van der Waals surface area contributed by atoms with Gasteiger partial charge in [0.2, 0.25) is 0 Å². The van der Waals surface area contributed by atoms with Crippen LogP contribution in [-0.2, 0) is 12.8 Å². The smallest absolute Gasteiger partial charge is 0.255 e. The zero-order chi connectivity index (χ0) is 14.4. The monoisotopic (exact) mass is 269 g/mol. The van der Waals surface area contributed by atoms with E-state index in [1.54, 1.807) is 18.3 Å².